The number of guanidine groups is 1. The molecule has 0 saturated carbocycles. The van der Waals surface area contributed by atoms with Gasteiger partial charge in [0.25, 0.3) is 0 Å². The number of hydrogen-bond donors (Lipinski definition) is 2. The van der Waals surface area contributed by atoms with E-state index < -0.39 is 0 Å². The van der Waals surface area contributed by atoms with Crippen molar-refractivity contribution in [1.29, 1.82) is 0 Å². The minimum absolute atomic E-state index is 0.0118. The second-order valence-corrected chi connectivity index (χ2v) is 3.80. The quantitative estimate of drug-likeness (QED) is 0.580. The molecular weight excluding hydrogens is 202 g/mol. The van der Waals surface area contributed by atoms with Gasteiger partial charge in [0.1, 0.15) is 0 Å². The Kier molecular flexibility index (Phi) is 4.79. The molecule has 0 saturated heterocycles. The summed E-state index contributed by atoms with van der Waals surface area (Å²) in [5.74, 6) is 0.0997. The molecule has 0 amide bonds. The molecule has 16 heavy (non-hydrogen) atoms. The zero-order valence-electron chi connectivity index (χ0n) is 9.76. The second kappa shape index (κ2) is 6.12. The summed E-state index contributed by atoms with van der Waals surface area (Å²) in [6.07, 6.45) is -0.0118. The molecule has 0 aliphatic carbocycles. The summed E-state index contributed by atoms with van der Waals surface area (Å²) in [6, 6.07) is 9.98. The van der Waals surface area contributed by atoms with Crippen LogP contribution in [-0.2, 0) is 11.3 Å². The van der Waals surface area contributed by atoms with Crippen LogP contribution in [0, 0.1) is 0 Å². The highest BCUT2D eigenvalue weighted by Gasteiger charge is 2.11. The van der Waals surface area contributed by atoms with Gasteiger partial charge in [0.05, 0.1) is 18.8 Å². The summed E-state index contributed by atoms with van der Waals surface area (Å²) in [5.41, 5.74) is 11.8. The van der Waals surface area contributed by atoms with Gasteiger partial charge in [-0.1, -0.05) is 30.3 Å². The van der Waals surface area contributed by atoms with Crippen molar-refractivity contribution in [2.24, 2.45) is 16.5 Å². The fourth-order valence-electron chi connectivity index (χ4n) is 1.28. The Morgan fingerprint density at radius 1 is 1.25 bits per heavy atom. The van der Waals surface area contributed by atoms with Crippen molar-refractivity contribution in [3.05, 3.63) is 35.9 Å². The lowest BCUT2D eigenvalue weighted by molar-refractivity contribution is 0.0403. The molecule has 0 aliphatic rings. The van der Waals surface area contributed by atoms with Gasteiger partial charge in [0.2, 0.25) is 0 Å². The van der Waals surface area contributed by atoms with Gasteiger partial charge in [0.15, 0.2) is 5.96 Å². The second-order valence-electron chi connectivity index (χ2n) is 3.80. The molecule has 4 nitrogen and oxygen atoms in total. The van der Waals surface area contributed by atoms with E-state index >= 15 is 0 Å². The molecule has 2 atom stereocenters. The molecule has 0 bridgehead atoms. The van der Waals surface area contributed by atoms with Crippen LogP contribution in [0.3, 0.4) is 0 Å². The fourth-order valence-corrected chi connectivity index (χ4v) is 1.28. The van der Waals surface area contributed by atoms with Crippen LogP contribution in [0.15, 0.2) is 35.3 Å². The largest absolute Gasteiger partial charge is 0.372 e. The molecular formula is C12H19N3O. The topological polar surface area (TPSA) is 73.6 Å². The van der Waals surface area contributed by atoms with Crippen molar-refractivity contribution in [3.63, 3.8) is 0 Å². The Labute approximate surface area is 96.3 Å². The van der Waals surface area contributed by atoms with E-state index in [0.29, 0.717) is 6.61 Å². The van der Waals surface area contributed by atoms with Crippen molar-refractivity contribution in [3.8, 4) is 0 Å². The van der Waals surface area contributed by atoms with Crippen LogP contribution in [0.4, 0.5) is 0 Å². The molecule has 0 radical (unpaired) electrons. The van der Waals surface area contributed by atoms with Gasteiger partial charge in [-0.3, -0.25) is 0 Å². The molecule has 0 aliphatic heterocycles. The maximum atomic E-state index is 5.67. The first-order chi connectivity index (χ1) is 7.59. The number of rotatable bonds is 5. The minimum atomic E-state index is -0.0336. The summed E-state index contributed by atoms with van der Waals surface area (Å²) < 4.78 is 5.67. The molecule has 4 heteroatoms. The molecule has 1 aromatic rings. The predicted molar refractivity (Wildman–Crippen MR) is 66.0 cm³/mol. The lowest BCUT2D eigenvalue weighted by Gasteiger charge is -2.17. The molecule has 0 aromatic heterocycles. The highest BCUT2D eigenvalue weighted by Crippen LogP contribution is 2.07. The molecule has 88 valence electrons. The van der Waals surface area contributed by atoms with Gasteiger partial charge >= 0.3 is 0 Å². The van der Waals surface area contributed by atoms with Crippen LogP contribution in [0.5, 0.6) is 0 Å². The van der Waals surface area contributed by atoms with E-state index in [4.69, 9.17) is 16.2 Å². The van der Waals surface area contributed by atoms with E-state index in [2.05, 4.69) is 4.99 Å². The summed E-state index contributed by atoms with van der Waals surface area (Å²) in [6.45, 7) is 4.46. The van der Waals surface area contributed by atoms with Crippen LogP contribution >= 0.6 is 0 Å². The average Bonchev–Trinajstić information content (AvgIpc) is 2.26. The van der Waals surface area contributed by atoms with E-state index in [1.807, 2.05) is 44.2 Å². The zero-order valence-corrected chi connectivity index (χ0v) is 9.76. The number of ether oxygens (including phenoxy) is 1. The minimum Gasteiger partial charge on any atom is -0.372 e. The number of hydrogen-bond acceptors (Lipinski definition) is 2. The van der Waals surface area contributed by atoms with Crippen LogP contribution in [0.1, 0.15) is 19.4 Å². The van der Waals surface area contributed by atoms with Crippen molar-refractivity contribution in [2.75, 3.05) is 0 Å². The third-order valence-corrected chi connectivity index (χ3v) is 2.39. The molecule has 4 N–H and O–H groups in total. The summed E-state index contributed by atoms with van der Waals surface area (Å²) in [4.78, 5) is 4.04. The molecule has 0 fully saturated rings. The van der Waals surface area contributed by atoms with Crippen LogP contribution in [0.25, 0.3) is 0 Å². The Balaban J connectivity index is 2.41. The Hall–Kier alpha value is -1.55. The summed E-state index contributed by atoms with van der Waals surface area (Å²) >= 11 is 0. The van der Waals surface area contributed by atoms with Crippen molar-refractivity contribution < 1.29 is 4.74 Å². The van der Waals surface area contributed by atoms with Gasteiger partial charge < -0.3 is 16.2 Å². The SMILES string of the molecule is CC(N=C(N)N)C(C)OCc1ccccc1. The van der Waals surface area contributed by atoms with E-state index in [9.17, 15) is 0 Å². The van der Waals surface area contributed by atoms with Crippen molar-refractivity contribution in [2.45, 2.75) is 32.6 Å². The first-order valence-corrected chi connectivity index (χ1v) is 5.34. The smallest absolute Gasteiger partial charge is 0.186 e. The highest BCUT2D eigenvalue weighted by atomic mass is 16.5. The Morgan fingerprint density at radius 3 is 2.44 bits per heavy atom. The van der Waals surface area contributed by atoms with Crippen molar-refractivity contribution in [1.82, 2.24) is 0 Å². The van der Waals surface area contributed by atoms with E-state index in [1.54, 1.807) is 0 Å². The van der Waals surface area contributed by atoms with E-state index in [-0.39, 0.29) is 18.1 Å². The van der Waals surface area contributed by atoms with Crippen LogP contribution < -0.4 is 11.5 Å². The monoisotopic (exact) mass is 221 g/mol. The standard InChI is InChI=1S/C12H19N3O/c1-9(15-12(13)14)10(2)16-8-11-6-4-3-5-7-11/h3-7,9-10H,8H2,1-2H3,(H4,13,14,15). The molecule has 0 heterocycles. The average molecular weight is 221 g/mol. The normalized spacial score (nSPS) is 14.1. The third-order valence-electron chi connectivity index (χ3n) is 2.39. The van der Waals surface area contributed by atoms with Crippen LogP contribution in [0.2, 0.25) is 0 Å². The molecule has 1 aromatic carbocycles. The first-order valence-electron chi connectivity index (χ1n) is 5.34. The molecule has 0 spiro atoms. The van der Waals surface area contributed by atoms with Crippen LogP contribution in [-0.4, -0.2) is 18.1 Å². The lowest BCUT2D eigenvalue weighted by atomic mass is 10.2. The maximum Gasteiger partial charge on any atom is 0.186 e. The molecule has 1 rings (SSSR count). The van der Waals surface area contributed by atoms with E-state index in [0.717, 1.165) is 5.56 Å². The van der Waals surface area contributed by atoms with Gasteiger partial charge in [0, 0.05) is 0 Å². The van der Waals surface area contributed by atoms with Gasteiger partial charge in [-0.05, 0) is 19.4 Å². The number of aliphatic imine (C=N–C) groups is 1. The summed E-state index contributed by atoms with van der Waals surface area (Å²) in [7, 11) is 0. The molecule has 2 unspecified atom stereocenters. The number of nitrogens with two attached hydrogens (primary N) is 2. The zero-order chi connectivity index (χ0) is 12.0. The fraction of sp³-hybridized carbons (Fsp3) is 0.417. The highest BCUT2D eigenvalue weighted by molar-refractivity contribution is 5.75. The Morgan fingerprint density at radius 2 is 1.88 bits per heavy atom. The van der Waals surface area contributed by atoms with Gasteiger partial charge in [-0.2, -0.15) is 0 Å². The number of nitrogens with zero attached hydrogens (tertiary/aromatic N) is 1. The summed E-state index contributed by atoms with van der Waals surface area (Å²) in [5, 5.41) is 0. The lowest BCUT2D eigenvalue weighted by Crippen LogP contribution is -2.29. The Bertz CT molecular complexity index is 333. The van der Waals surface area contributed by atoms with E-state index in [1.165, 1.54) is 0 Å². The predicted octanol–water partition coefficient (Wildman–Crippen LogP) is 1.25. The third kappa shape index (κ3) is 4.31. The van der Waals surface area contributed by atoms with Gasteiger partial charge in [-0.25, -0.2) is 4.99 Å². The first kappa shape index (κ1) is 12.5. The maximum absolute atomic E-state index is 5.67. The van der Waals surface area contributed by atoms with Crippen molar-refractivity contribution >= 4 is 5.96 Å². The number of benzene rings is 1. The van der Waals surface area contributed by atoms with Gasteiger partial charge in [-0.15, -0.1) is 0 Å².